The Bertz CT molecular complexity index is 660. The molecule has 27 heavy (non-hydrogen) atoms. The minimum absolute atomic E-state index is 0.772. The number of ether oxygens (including phenoxy) is 2. The van der Waals surface area contributed by atoms with E-state index in [2.05, 4.69) is 62.4 Å². The molecule has 0 heterocycles. The Labute approximate surface area is 168 Å². The van der Waals surface area contributed by atoms with Crippen molar-refractivity contribution >= 4 is 23.9 Å². The molecular formula is C24H30O2S. The van der Waals surface area contributed by atoms with Gasteiger partial charge in [-0.1, -0.05) is 74.8 Å². The summed E-state index contributed by atoms with van der Waals surface area (Å²) in [6.45, 7) is 5.88. The van der Waals surface area contributed by atoms with E-state index in [-0.39, 0.29) is 0 Å². The minimum Gasteiger partial charge on any atom is -0.501 e. The second-order valence-electron chi connectivity index (χ2n) is 6.23. The molecule has 0 bridgehead atoms. The number of unbranched alkanes of at least 4 members (excludes halogenated alkanes) is 2. The van der Waals surface area contributed by atoms with Gasteiger partial charge in [-0.2, -0.15) is 0 Å². The van der Waals surface area contributed by atoms with Gasteiger partial charge in [0.2, 0.25) is 0 Å². The van der Waals surface area contributed by atoms with Gasteiger partial charge in [0.1, 0.15) is 0 Å². The van der Waals surface area contributed by atoms with Crippen molar-refractivity contribution in [1.29, 1.82) is 0 Å². The van der Waals surface area contributed by atoms with Crippen LogP contribution in [0.2, 0.25) is 0 Å². The van der Waals surface area contributed by atoms with E-state index in [0.717, 1.165) is 50.0 Å². The summed E-state index contributed by atoms with van der Waals surface area (Å²) >= 11 is 1.76. The largest absolute Gasteiger partial charge is 0.501 e. The van der Waals surface area contributed by atoms with Gasteiger partial charge in [0, 0.05) is 9.79 Å². The third kappa shape index (κ3) is 7.96. The summed E-state index contributed by atoms with van der Waals surface area (Å²) in [5, 5.41) is 0. The fourth-order valence-corrected chi connectivity index (χ4v) is 3.41. The molecule has 0 fully saturated rings. The van der Waals surface area contributed by atoms with Crippen molar-refractivity contribution in [3.05, 3.63) is 72.2 Å². The van der Waals surface area contributed by atoms with Crippen molar-refractivity contribution in [1.82, 2.24) is 0 Å². The van der Waals surface area contributed by atoms with Crippen molar-refractivity contribution in [2.75, 3.05) is 13.2 Å². The molecule has 2 aromatic rings. The predicted molar refractivity (Wildman–Crippen MR) is 117 cm³/mol. The molecule has 0 aromatic heterocycles. The molecule has 2 nitrogen and oxygen atoms in total. The quantitative estimate of drug-likeness (QED) is 0.281. The second kappa shape index (κ2) is 13.1. The molecule has 0 N–H and O–H groups in total. The van der Waals surface area contributed by atoms with Gasteiger partial charge in [0.15, 0.2) is 0 Å². The molecule has 0 atom stereocenters. The summed E-state index contributed by atoms with van der Waals surface area (Å²) in [6.07, 6.45) is 12.2. The van der Waals surface area contributed by atoms with Crippen LogP contribution < -0.4 is 0 Å². The van der Waals surface area contributed by atoms with Gasteiger partial charge >= 0.3 is 0 Å². The number of benzene rings is 2. The predicted octanol–water partition coefficient (Wildman–Crippen LogP) is 7.41. The van der Waals surface area contributed by atoms with E-state index in [1.807, 2.05) is 24.7 Å². The molecule has 0 aliphatic rings. The SMILES string of the molecule is CCCCOC=Cc1ccccc1Sc1ccccc1C=COCCCC. The number of hydrogen-bond donors (Lipinski definition) is 0. The van der Waals surface area contributed by atoms with Gasteiger partial charge in [0.05, 0.1) is 25.7 Å². The first-order valence-corrected chi connectivity index (χ1v) is 10.6. The van der Waals surface area contributed by atoms with E-state index >= 15 is 0 Å². The average Bonchev–Trinajstić information content (AvgIpc) is 2.70. The van der Waals surface area contributed by atoms with E-state index < -0.39 is 0 Å². The van der Waals surface area contributed by atoms with Crippen molar-refractivity contribution in [2.24, 2.45) is 0 Å². The van der Waals surface area contributed by atoms with Crippen LogP contribution in [0.15, 0.2) is 70.8 Å². The molecular weight excluding hydrogens is 352 g/mol. The molecule has 2 aromatic carbocycles. The molecule has 0 saturated carbocycles. The first-order chi connectivity index (χ1) is 13.3. The molecule has 0 unspecified atom stereocenters. The van der Waals surface area contributed by atoms with Crippen LogP contribution in [-0.4, -0.2) is 13.2 Å². The maximum atomic E-state index is 5.57. The number of rotatable bonds is 12. The van der Waals surface area contributed by atoms with E-state index in [1.165, 1.54) is 9.79 Å². The Morgan fingerprint density at radius 2 is 1.15 bits per heavy atom. The molecule has 0 radical (unpaired) electrons. The van der Waals surface area contributed by atoms with E-state index in [1.54, 1.807) is 11.8 Å². The van der Waals surface area contributed by atoms with Gasteiger partial charge in [-0.05, 0) is 48.3 Å². The third-order valence-corrected chi connectivity index (χ3v) is 5.16. The lowest BCUT2D eigenvalue weighted by Crippen LogP contribution is -1.87. The standard InChI is InChI=1S/C24H30O2S/c1-3-5-17-25-19-15-21-11-7-9-13-23(21)27-24-14-10-8-12-22(24)16-20-26-18-6-4-2/h7-16,19-20H,3-6,17-18H2,1-2H3. The normalized spacial score (nSPS) is 11.3. The zero-order chi connectivity index (χ0) is 19.2. The lowest BCUT2D eigenvalue weighted by atomic mass is 10.2. The first-order valence-electron chi connectivity index (χ1n) is 9.77. The van der Waals surface area contributed by atoms with Crippen molar-refractivity contribution < 1.29 is 9.47 Å². The van der Waals surface area contributed by atoms with Gasteiger partial charge in [0.25, 0.3) is 0 Å². The molecule has 0 saturated heterocycles. The first kappa shape index (κ1) is 21.2. The van der Waals surface area contributed by atoms with E-state index in [0.29, 0.717) is 0 Å². The maximum Gasteiger partial charge on any atom is 0.0873 e. The Morgan fingerprint density at radius 3 is 1.59 bits per heavy atom. The summed E-state index contributed by atoms with van der Waals surface area (Å²) in [4.78, 5) is 2.42. The van der Waals surface area contributed by atoms with Crippen LogP contribution in [0.5, 0.6) is 0 Å². The molecule has 3 heteroatoms. The third-order valence-electron chi connectivity index (χ3n) is 3.98. The Hall–Kier alpha value is -2.13. The summed E-state index contributed by atoms with van der Waals surface area (Å²) in [6, 6.07) is 16.8. The highest BCUT2D eigenvalue weighted by molar-refractivity contribution is 7.99. The number of hydrogen-bond acceptors (Lipinski definition) is 3. The lowest BCUT2D eigenvalue weighted by Gasteiger charge is -2.09. The summed E-state index contributed by atoms with van der Waals surface area (Å²) < 4.78 is 11.1. The van der Waals surface area contributed by atoms with Crippen molar-refractivity contribution in [3.8, 4) is 0 Å². The average molecular weight is 383 g/mol. The fourth-order valence-electron chi connectivity index (χ4n) is 2.38. The van der Waals surface area contributed by atoms with Crippen molar-refractivity contribution in [2.45, 2.75) is 49.3 Å². The topological polar surface area (TPSA) is 18.5 Å². The summed E-state index contributed by atoms with van der Waals surface area (Å²) in [5.41, 5.74) is 2.33. The van der Waals surface area contributed by atoms with E-state index in [4.69, 9.17) is 9.47 Å². The molecule has 0 aliphatic heterocycles. The summed E-state index contributed by atoms with van der Waals surface area (Å²) in [7, 11) is 0. The van der Waals surface area contributed by atoms with Crippen LogP contribution in [-0.2, 0) is 9.47 Å². The van der Waals surface area contributed by atoms with Crippen LogP contribution in [0, 0.1) is 0 Å². The van der Waals surface area contributed by atoms with Gasteiger partial charge in [-0.15, -0.1) is 0 Å². The van der Waals surface area contributed by atoms with Crippen LogP contribution in [0.3, 0.4) is 0 Å². The monoisotopic (exact) mass is 382 g/mol. The molecule has 0 amide bonds. The molecule has 2 rings (SSSR count). The minimum atomic E-state index is 0.772. The van der Waals surface area contributed by atoms with Gasteiger partial charge in [-0.3, -0.25) is 0 Å². The molecule has 0 spiro atoms. The maximum absolute atomic E-state index is 5.57. The fraction of sp³-hybridized carbons (Fsp3) is 0.333. The highest BCUT2D eigenvalue weighted by Crippen LogP contribution is 2.33. The Balaban J connectivity index is 2.06. The highest BCUT2D eigenvalue weighted by Gasteiger charge is 2.05. The van der Waals surface area contributed by atoms with Crippen LogP contribution in [0.25, 0.3) is 12.2 Å². The zero-order valence-corrected chi connectivity index (χ0v) is 17.2. The van der Waals surface area contributed by atoms with Crippen LogP contribution in [0.4, 0.5) is 0 Å². The van der Waals surface area contributed by atoms with Crippen molar-refractivity contribution in [3.63, 3.8) is 0 Å². The molecule has 0 aliphatic carbocycles. The van der Waals surface area contributed by atoms with Gasteiger partial charge in [-0.25, -0.2) is 0 Å². The smallest absolute Gasteiger partial charge is 0.0873 e. The van der Waals surface area contributed by atoms with Gasteiger partial charge < -0.3 is 9.47 Å². The Morgan fingerprint density at radius 1 is 0.704 bits per heavy atom. The highest BCUT2D eigenvalue weighted by atomic mass is 32.2. The van der Waals surface area contributed by atoms with Crippen LogP contribution in [0.1, 0.15) is 50.7 Å². The zero-order valence-electron chi connectivity index (χ0n) is 16.4. The summed E-state index contributed by atoms with van der Waals surface area (Å²) in [5.74, 6) is 0. The second-order valence-corrected chi connectivity index (χ2v) is 7.32. The lowest BCUT2D eigenvalue weighted by molar-refractivity contribution is 0.246. The van der Waals surface area contributed by atoms with Crippen LogP contribution >= 0.6 is 11.8 Å². The Kier molecular flexibility index (Phi) is 10.3. The molecule has 144 valence electrons. The van der Waals surface area contributed by atoms with E-state index in [9.17, 15) is 0 Å².